The average Bonchev–Trinajstić information content (AvgIpc) is 1.30. The lowest BCUT2D eigenvalue weighted by Gasteiger charge is -2.15. The summed E-state index contributed by atoms with van der Waals surface area (Å²) < 4.78 is 0.434. The standard InChI is InChI=1S/C4H10Cl2N/c1-7(2,6)4-3-5/h3-4H2,1-2H3/q+1. The molecule has 0 aliphatic rings. The largest absolute Gasteiger partial charge is 0.226 e. The first kappa shape index (κ1) is 7.54. The second-order valence-corrected chi connectivity index (χ2v) is 3.24. The highest BCUT2D eigenvalue weighted by molar-refractivity contribution is 6.18. The van der Waals surface area contributed by atoms with Crippen LogP contribution in [0.25, 0.3) is 0 Å². The van der Waals surface area contributed by atoms with Gasteiger partial charge < -0.3 is 0 Å². The highest BCUT2D eigenvalue weighted by Gasteiger charge is 2.07. The summed E-state index contributed by atoms with van der Waals surface area (Å²) in [5, 5.41) is 0. The van der Waals surface area contributed by atoms with Gasteiger partial charge in [-0.25, -0.2) is 4.00 Å². The molecule has 1 nitrogen and oxygen atoms in total. The summed E-state index contributed by atoms with van der Waals surface area (Å²) in [7, 11) is 3.79. The molecule has 0 fully saturated rings. The molecule has 0 bridgehead atoms. The van der Waals surface area contributed by atoms with Crippen LogP contribution >= 0.6 is 23.4 Å². The molecular weight excluding hydrogens is 133 g/mol. The van der Waals surface area contributed by atoms with Gasteiger partial charge in [0.05, 0.1) is 20.0 Å². The van der Waals surface area contributed by atoms with Crippen LogP contribution < -0.4 is 0 Å². The maximum absolute atomic E-state index is 5.69. The number of hydrogen-bond donors (Lipinski definition) is 0. The SMILES string of the molecule is C[N+](C)(Cl)CCCl. The lowest BCUT2D eigenvalue weighted by molar-refractivity contribution is -0.768. The van der Waals surface area contributed by atoms with Crippen LogP contribution in [0.5, 0.6) is 0 Å². The topological polar surface area (TPSA) is 0 Å². The molecule has 0 saturated carbocycles. The summed E-state index contributed by atoms with van der Waals surface area (Å²) in [4.78, 5) is 0. The summed E-state index contributed by atoms with van der Waals surface area (Å²) in [5.74, 6) is 0.622. The van der Waals surface area contributed by atoms with Crippen LogP contribution in [0.2, 0.25) is 0 Å². The third-order valence-corrected chi connectivity index (χ3v) is 0.954. The quantitative estimate of drug-likeness (QED) is 0.405. The monoisotopic (exact) mass is 142 g/mol. The molecule has 0 rings (SSSR count). The van der Waals surface area contributed by atoms with Crippen LogP contribution in [-0.2, 0) is 0 Å². The van der Waals surface area contributed by atoms with E-state index >= 15 is 0 Å². The number of alkyl halides is 1. The van der Waals surface area contributed by atoms with E-state index in [1.54, 1.807) is 0 Å². The molecule has 0 saturated heterocycles. The van der Waals surface area contributed by atoms with E-state index < -0.39 is 0 Å². The molecule has 0 aliphatic heterocycles. The molecule has 44 valence electrons. The Morgan fingerprint density at radius 3 is 1.86 bits per heavy atom. The lowest BCUT2D eigenvalue weighted by Crippen LogP contribution is -2.29. The van der Waals surface area contributed by atoms with Crippen molar-refractivity contribution in [3.05, 3.63) is 0 Å². The van der Waals surface area contributed by atoms with Crippen molar-refractivity contribution in [1.82, 2.24) is 0 Å². The highest BCUT2D eigenvalue weighted by atomic mass is 35.5. The van der Waals surface area contributed by atoms with E-state index in [2.05, 4.69) is 0 Å². The van der Waals surface area contributed by atoms with Gasteiger partial charge in [0.15, 0.2) is 11.8 Å². The van der Waals surface area contributed by atoms with Crippen molar-refractivity contribution in [2.45, 2.75) is 0 Å². The van der Waals surface area contributed by atoms with Crippen molar-refractivity contribution in [3.8, 4) is 0 Å². The fraction of sp³-hybridized carbons (Fsp3) is 1.00. The van der Waals surface area contributed by atoms with Crippen molar-refractivity contribution in [2.75, 3.05) is 26.5 Å². The zero-order chi connectivity index (χ0) is 5.91. The van der Waals surface area contributed by atoms with E-state index in [0.29, 0.717) is 9.88 Å². The van der Waals surface area contributed by atoms with E-state index in [4.69, 9.17) is 23.4 Å². The van der Waals surface area contributed by atoms with Gasteiger partial charge in [-0.2, -0.15) is 0 Å². The minimum Gasteiger partial charge on any atom is -0.226 e. The first-order valence-electron chi connectivity index (χ1n) is 2.15. The highest BCUT2D eigenvalue weighted by Crippen LogP contribution is 2.00. The molecule has 0 radical (unpaired) electrons. The average molecular weight is 143 g/mol. The summed E-state index contributed by atoms with van der Waals surface area (Å²) in [6.07, 6.45) is 0. The fourth-order valence-electron chi connectivity index (χ4n) is 0.201. The summed E-state index contributed by atoms with van der Waals surface area (Å²) >= 11 is 11.1. The predicted molar refractivity (Wildman–Crippen MR) is 33.5 cm³/mol. The van der Waals surface area contributed by atoms with Gasteiger partial charge in [0.2, 0.25) is 0 Å². The molecule has 0 spiro atoms. The Balaban J connectivity index is 3.15. The van der Waals surface area contributed by atoms with E-state index in [-0.39, 0.29) is 0 Å². The lowest BCUT2D eigenvalue weighted by atomic mass is 10.7. The van der Waals surface area contributed by atoms with Crippen molar-refractivity contribution < 1.29 is 4.00 Å². The Morgan fingerprint density at radius 2 is 1.86 bits per heavy atom. The molecule has 0 unspecified atom stereocenters. The van der Waals surface area contributed by atoms with Gasteiger partial charge in [0, 0.05) is 0 Å². The molecule has 0 aromatic rings. The molecular formula is C4H10Cl2N+. The Bertz CT molecular complexity index is 48.1. The normalized spacial score (nSPS) is 12.0. The van der Waals surface area contributed by atoms with Gasteiger partial charge in [-0.3, -0.25) is 0 Å². The number of halogens is 2. The van der Waals surface area contributed by atoms with E-state index in [1.807, 2.05) is 14.1 Å². The molecule has 3 heteroatoms. The van der Waals surface area contributed by atoms with Gasteiger partial charge >= 0.3 is 0 Å². The number of nitrogens with zero attached hydrogens (tertiary/aromatic N) is 1. The second-order valence-electron chi connectivity index (χ2n) is 1.95. The predicted octanol–water partition coefficient (Wildman–Crippen LogP) is 1.46. The number of rotatable bonds is 2. The zero-order valence-electron chi connectivity index (χ0n) is 4.62. The molecule has 0 amide bonds. The third kappa shape index (κ3) is 6.54. The minimum atomic E-state index is 0.434. The second kappa shape index (κ2) is 2.75. The molecule has 0 aromatic heterocycles. The molecule has 0 aromatic carbocycles. The van der Waals surface area contributed by atoms with Crippen molar-refractivity contribution >= 4 is 23.4 Å². The van der Waals surface area contributed by atoms with Crippen LogP contribution in [0.15, 0.2) is 0 Å². The van der Waals surface area contributed by atoms with Crippen molar-refractivity contribution in [3.63, 3.8) is 0 Å². The maximum Gasteiger partial charge on any atom is 0.164 e. The zero-order valence-corrected chi connectivity index (χ0v) is 6.13. The van der Waals surface area contributed by atoms with Crippen molar-refractivity contribution in [2.24, 2.45) is 0 Å². The van der Waals surface area contributed by atoms with Crippen LogP contribution in [0.3, 0.4) is 0 Å². The first-order valence-corrected chi connectivity index (χ1v) is 3.02. The summed E-state index contributed by atoms with van der Waals surface area (Å²) in [6, 6.07) is 0. The van der Waals surface area contributed by atoms with E-state index in [0.717, 1.165) is 6.54 Å². The number of quaternary nitrogens is 1. The van der Waals surface area contributed by atoms with Gasteiger partial charge in [-0.1, -0.05) is 0 Å². The van der Waals surface area contributed by atoms with Gasteiger partial charge in [-0.15, -0.1) is 11.6 Å². The molecule has 0 aliphatic carbocycles. The Hall–Kier alpha value is 0.540. The Kier molecular flexibility index (Phi) is 2.96. The van der Waals surface area contributed by atoms with Gasteiger partial charge in [0.1, 0.15) is 6.54 Å². The molecule has 0 atom stereocenters. The first-order chi connectivity index (χ1) is 3.06. The van der Waals surface area contributed by atoms with E-state index in [1.165, 1.54) is 0 Å². The van der Waals surface area contributed by atoms with Crippen molar-refractivity contribution in [1.29, 1.82) is 0 Å². The van der Waals surface area contributed by atoms with Gasteiger partial charge in [0.25, 0.3) is 0 Å². The van der Waals surface area contributed by atoms with Crippen LogP contribution in [0.4, 0.5) is 0 Å². The Morgan fingerprint density at radius 1 is 1.43 bits per heavy atom. The minimum absolute atomic E-state index is 0.434. The third-order valence-electron chi connectivity index (χ3n) is 0.616. The maximum atomic E-state index is 5.69. The molecule has 0 heterocycles. The van der Waals surface area contributed by atoms with Crippen LogP contribution in [0, 0.1) is 0 Å². The fourth-order valence-corrected chi connectivity index (χ4v) is 0.795. The van der Waals surface area contributed by atoms with Gasteiger partial charge in [-0.05, 0) is 0 Å². The smallest absolute Gasteiger partial charge is 0.164 e. The molecule has 0 N–H and O–H groups in total. The Labute approximate surface area is 54.5 Å². The van der Waals surface area contributed by atoms with E-state index in [9.17, 15) is 0 Å². The number of hydrogen-bond acceptors (Lipinski definition) is 0. The molecule has 7 heavy (non-hydrogen) atoms. The van der Waals surface area contributed by atoms with Crippen LogP contribution in [-0.4, -0.2) is 30.5 Å². The summed E-state index contributed by atoms with van der Waals surface area (Å²) in [5.41, 5.74) is 0. The van der Waals surface area contributed by atoms with Crippen LogP contribution in [0.1, 0.15) is 0 Å². The summed E-state index contributed by atoms with van der Waals surface area (Å²) in [6.45, 7) is 0.809.